The van der Waals surface area contributed by atoms with Crippen LogP contribution in [0.4, 0.5) is 5.69 Å². The molecule has 1 aliphatic carbocycles. The standard InChI is InChI=1S/C34H40BrN5O2/c35-28-11-6-25(7-12-28)23-40-32-15-10-27(30(21-33(36)41)37-22-24-4-2-1-3-5-24)20-31(32)38-34(40)26-8-13-29(14-9-26)39-16-18-42-19-17-39/h6-15,20,24,30,37H,1-5,16-19,21-23H2,(H2,36,41). The maximum atomic E-state index is 12.1. The van der Waals surface area contributed by atoms with Crippen molar-refractivity contribution >= 4 is 38.6 Å². The van der Waals surface area contributed by atoms with Crippen LogP contribution in [0.2, 0.25) is 0 Å². The summed E-state index contributed by atoms with van der Waals surface area (Å²) in [5.74, 6) is 1.30. The van der Waals surface area contributed by atoms with Gasteiger partial charge < -0.3 is 25.3 Å². The number of nitrogens with two attached hydrogens (primary N) is 1. The molecule has 4 aromatic rings. The topological polar surface area (TPSA) is 85.4 Å². The Morgan fingerprint density at radius 2 is 1.74 bits per heavy atom. The minimum Gasteiger partial charge on any atom is -0.378 e. The Hall–Kier alpha value is -3.20. The van der Waals surface area contributed by atoms with E-state index in [0.717, 1.165) is 65.3 Å². The summed E-state index contributed by atoms with van der Waals surface area (Å²) in [6.07, 6.45) is 6.70. The molecule has 1 amide bonds. The highest BCUT2D eigenvalue weighted by Crippen LogP contribution is 2.31. The number of nitrogens with zero attached hydrogens (tertiary/aromatic N) is 3. The molecule has 7 nitrogen and oxygen atoms in total. The zero-order valence-corrected chi connectivity index (χ0v) is 25.7. The van der Waals surface area contributed by atoms with Gasteiger partial charge in [-0.05, 0) is 85.0 Å². The van der Waals surface area contributed by atoms with Gasteiger partial charge in [-0.25, -0.2) is 4.98 Å². The molecular weight excluding hydrogens is 590 g/mol. The second-order valence-corrected chi connectivity index (χ2v) is 12.6. The molecule has 6 rings (SSSR count). The number of ether oxygens (including phenoxy) is 1. The van der Waals surface area contributed by atoms with Crippen molar-refractivity contribution in [3.8, 4) is 11.4 Å². The number of fused-ring (bicyclic) bond motifs is 1. The highest BCUT2D eigenvalue weighted by molar-refractivity contribution is 9.10. The van der Waals surface area contributed by atoms with Gasteiger partial charge in [0.15, 0.2) is 0 Å². The molecule has 2 aliphatic rings. The molecule has 0 spiro atoms. The van der Waals surface area contributed by atoms with Crippen LogP contribution in [0.25, 0.3) is 22.4 Å². The van der Waals surface area contributed by atoms with Gasteiger partial charge in [-0.3, -0.25) is 4.79 Å². The number of benzene rings is 3. The van der Waals surface area contributed by atoms with Gasteiger partial charge in [-0.15, -0.1) is 0 Å². The minimum atomic E-state index is -0.293. The van der Waals surface area contributed by atoms with E-state index in [1.54, 1.807) is 0 Å². The van der Waals surface area contributed by atoms with Crippen LogP contribution >= 0.6 is 15.9 Å². The van der Waals surface area contributed by atoms with Crippen LogP contribution in [0, 0.1) is 5.92 Å². The van der Waals surface area contributed by atoms with E-state index >= 15 is 0 Å². The van der Waals surface area contributed by atoms with E-state index in [9.17, 15) is 4.79 Å². The molecule has 3 N–H and O–H groups in total. The number of morpholine rings is 1. The van der Waals surface area contributed by atoms with Crippen molar-refractivity contribution in [3.63, 3.8) is 0 Å². The number of imidazole rings is 1. The maximum absolute atomic E-state index is 12.1. The lowest BCUT2D eigenvalue weighted by Gasteiger charge is -2.28. The molecule has 1 aliphatic heterocycles. The van der Waals surface area contributed by atoms with E-state index in [1.165, 1.54) is 43.4 Å². The van der Waals surface area contributed by atoms with Gasteiger partial charge in [0.1, 0.15) is 5.82 Å². The predicted octanol–water partition coefficient (Wildman–Crippen LogP) is 6.44. The fourth-order valence-corrected chi connectivity index (χ4v) is 6.63. The first-order valence-corrected chi connectivity index (χ1v) is 16.0. The number of primary amides is 1. The van der Waals surface area contributed by atoms with Crippen LogP contribution in [0.1, 0.15) is 55.7 Å². The molecule has 1 unspecified atom stereocenters. The Morgan fingerprint density at radius 3 is 2.45 bits per heavy atom. The largest absolute Gasteiger partial charge is 0.378 e. The van der Waals surface area contributed by atoms with Crippen molar-refractivity contribution in [2.75, 3.05) is 37.7 Å². The summed E-state index contributed by atoms with van der Waals surface area (Å²) in [7, 11) is 0. The first-order valence-electron chi connectivity index (χ1n) is 15.2. The van der Waals surface area contributed by atoms with Gasteiger partial charge in [0.25, 0.3) is 0 Å². The number of anilines is 1. The number of hydrogen-bond donors (Lipinski definition) is 2. The summed E-state index contributed by atoms with van der Waals surface area (Å²) < 4.78 is 8.89. The molecule has 1 aromatic heterocycles. The summed E-state index contributed by atoms with van der Waals surface area (Å²) >= 11 is 3.56. The van der Waals surface area contributed by atoms with Crippen molar-refractivity contribution in [2.24, 2.45) is 11.7 Å². The molecule has 8 heteroatoms. The van der Waals surface area contributed by atoms with Crippen molar-refractivity contribution < 1.29 is 9.53 Å². The van der Waals surface area contributed by atoms with Crippen molar-refractivity contribution in [3.05, 3.63) is 82.3 Å². The second-order valence-electron chi connectivity index (χ2n) is 11.7. The van der Waals surface area contributed by atoms with E-state index in [1.807, 2.05) is 0 Å². The molecule has 1 atom stereocenters. The summed E-state index contributed by atoms with van der Waals surface area (Å²) in [5, 5.41) is 3.68. The molecule has 0 bridgehead atoms. The molecule has 0 radical (unpaired) electrons. The quantitative estimate of drug-likeness (QED) is 0.211. The Morgan fingerprint density at radius 1 is 1.00 bits per heavy atom. The number of hydrogen-bond acceptors (Lipinski definition) is 5. The number of halogens is 1. The zero-order valence-electron chi connectivity index (χ0n) is 24.1. The Kier molecular flexibility index (Phi) is 9.22. The van der Waals surface area contributed by atoms with E-state index in [-0.39, 0.29) is 18.4 Å². The second kappa shape index (κ2) is 13.4. The van der Waals surface area contributed by atoms with Crippen LogP contribution in [0.3, 0.4) is 0 Å². The van der Waals surface area contributed by atoms with E-state index in [2.05, 4.69) is 97.4 Å². The lowest BCUT2D eigenvalue weighted by molar-refractivity contribution is -0.118. The summed E-state index contributed by atoms with van der Waals surface area (Å²) in [4.78, 5) is 19.6. The molecular formula is C34H40BrN5O2. The highest BCUT2D eigenvalue weighted by atomic mass is 79.9. The molecule has 2 fully saturated rings. The number of rotatable bonds is 10. The normalized spacial score (nSPS) is 17.0. The van der Waals surface area contributed by atoms with Gasteiger partial charge in [-0.1, -0.05) is 53.4 Å². The predicted molar refractivity (Wildman–Crippen MR) is 173 cm³/mol. The lowest BCUT2D eigenvalue weighted by atomic mass is 9.89. The van der Waals surface area contributed by atoms with E-state index in [0.29, 0.717) is 12.5 Å². The summed E-state index contributed by atoms with van der Waals surface area (Å²) in [6, 6.07) is 23.5. The number of aromatic nitrogens is 2. The average Bonchev–Trinajstić information content (AvgIpc) is 3.38. The molecule has 2 heterocycles. The van der Waals surface area contributed by atoms with E-state index in [4.69, 9.17) is 15.5 Å². The molecule has 220 valence electrons. The van der Waals surface area contributed by atoms with Crippen LogP contribution in [-0.2, 0) is 16.1 Å². The molecule has 1 saturated carbocycles. The minimum absolute atomic E-state index is 0.123. The van der Waals surface area contributed by atoms with E-state index < -0.39 is 0 Å². The summed E-state index contributed by atoms with van der Waals surface area (Å²) in [5.41, 5.74) is 12.2. The van der Waals surface area contributed by atoms with Gasteiger partial charge in [0.05, 0.1) is 24.2 Å². The van der Waals surface area contributed by atoms with Gasteiger partial charge >= 0.3 is 0 Å². The van der Waals surface area contributed by atoms with Crippen LogP contribution in [0.15, 0.2) is 71.2 Å². The fourth-order valence-electron chi connectivity index (χ4n) is 6.37. The molecule has 3 aromatic carbocycles. The Labute approximate surface area is 256 Å². The Balaban J connectivity index is 1.33. The van der Waals surface area contributed by atoms with Crippen molar-refractivity contribution in [2.45, 2.75) is 51.1 Å². The lowest BCUT2D eigenvalue weighted by Crippen LogP contribution is -2.36. The first-order chi connectivity index (χ1) is 20.5. The third-order valence-corrected chi connectivity index (χ3v) is 9.24. The zero-order chi connectivity index (χ0) is 28.9. The molecule has 42 heavy (non-hydrogen) atoms. The van der Waals surface area contributed by atoms with Crippen molar-refractivity contribution in [1.29, 1.82) is 0 Å². The monoisotopic (exact) mass is 629 g/mol. The van der Waals surface area contributed by atoms with Crippen molar-refractivity contribution in [1.82, 2.24) is 14.9 Å². The third-order valence-electron chi connectivity index (χ3n) is 8.71. The Bertz CT molecular complexity index is 1490. The first kappa shape index (κ1) is 28.9. The van der Waals surface area contributed by atoms with Crippen LogP contribution in [-0.4, -0.2) is 48.3 Å². The number of carbonyl (C=O) groups is 1. The third kappa shape index (κ3) is 6.88. The van der Waals surface area contributed by atoms with Gasteiger partial charge in [0, 0.05) is 47.8 Å². The number of amides is 1. The smallest absolute Gasteiger partial charge is 0.219 e. The number of carbonyl (C=O) groups excluding carboxylic acids is 1. The highest BCUT2D eigenvalue weighted by Gasteiger charge is 2.21. The van der Waals surface area contributed by atoms with Gasteiger partial charge in [0.2, 0.25) is 5.91 Å². The fraction of sp³-hybridized carbons (Fsp3) is 0.412. The summed E-state index contributed by atoms with van der Waals surface area (Å²) in [6.45, 7) is 4.96. The van der Waals surface area contributed by atoms with Crippen LogP contribution < -0.4 is 16.0 Å². The van der Waals surface area contributed by atoms with Crippen LogP contribution in [0.5, 0.6) is 0 Å². The maximum Gasteiger partial charge on any atom is 0.219 e. The average molecular weight is 631 g/mol. The number of nitrogens with one attached hydrogen (secondary N) is 1. The SMILES string of the molecule is NC(=O)CC(NCC1CCCCC1)c1ccc2c(c1)nc(-c1ccc(N3CCOCC3)cc1)n2Cc1ccc(Br)cc1. The van der Waals surface area contributed by atoms with Gasteiger partial charge in [-0.2, -0.15) is 0 Å². The molecule has 1 saturated heterocycles.